The zero-order chi connectivity index (χ0) is 15.5. The maximum absolute atomic E-state index is 12.4. The van der Waals surface area contributed by atoms with Crippen molar-refractivity contribution >= 4 is 5.78 Å². The monoisotopic (exact) mass is 298 g/mol. The third-order valence-corrected chi connectivity index (χ3v) is 3.64. The molecule has 0 fully saturated rings. The Balaban J connectivity index is 2.03. The Bertz CT molecular complexity index is 529. The van der Waals surface area contributed by atoms with E-state index in [0.29, 0.717) is 0 Å². The van der Waals surface area contributed by atoms with E-state index >= 15 is 0 Å². The van der Waals surface area contributed by atoms with Gasteiger partial charge in [0, 0.05) is 12.0 Å². The van der Waals surface area contributed by atoms with Crippen molar-refractivity contribution in [3.8, 4) is 0 Å². The second-order valence-electron chi connectivity index (χ2n) is 5.27. The first kappa shape index (κ1) is 15.8. The second kappa shape index (κ2) is 6.43. The number of aliphatic hydroxyl groups is 1. The van der Waals surface area contributed by atoms with Crippen LogP contribution in [0.15, 0.2) is 35.9 Å². The van der Waals surface area contributed by atoms with E-state index in [4.69, 9.17) is 0 Å². The number of ketones is 1. The van der Waals surface area contributed by atoms with Crippen LogP contribution in [0.4, 0.5) is 13.2 Å². The minimum atomic E-state index is -4.42. The molecule has 1 aliphatic rings. The fourth-order valence-electron chi connectivity index (χ4n) is 2.45. The number of carbonyl (C=O) groups is 1. The molecule has 0 radical (unpaired) electrons. The van der Waals surface area contributed by atoms with Crippen LogP contribution >= 0.6 is 0 Å². The van der Waals surface area contributed by atoms with Gasteiger partial charge < -0.3 is 5.11 Å². The summed E-state index contributed by atoms with van der Waals surface area (Å²) >= 11 is 0. The lowest BCUT2D eigenvalue weighted by Crippen LogP contribution is -2.21. The van der Waals surface area contributed by atoms with Gasteiger partial charge in [-0.05, 0) is 37.8 Å². The molecule has 0 aliphatic heterocycles. The average Bonchev–Trinajstić information content (AvgIpc) is 2.46. The van der Waals surface area contributed by atoms with Gasteiger partial charge in [0.25, 0.3) is 0 Å². The summed E-state index contributed by atoms with van der Waals surface area (Å²) in [5, 5.41) is 9.94. The van der Waals surface area contributed by atoms with Crippen LogP contribution in [0.3, 0.4) is 0 Å². The highest BCUT2D eigenvalue weighted by molar-refractivity contribution is 5.99. The van der Waals surface area contributed by atoms with Gasteiger partial charge in [0.05, 0.1) is 5.56 Å². The highest BCUT2D eigenvalue weighted by atomic mass is 19.4. The normalized spacial score (nSPS) is 17.2. The Kier molecular flexibility index (Phi) is 4.83. The van der Waals surface area contributed by atoms with Crippen LogP contribution in [0.5, 0.6) is 0 Å². The number of carbonyl (C=O) groups excluding carboxylic acids is 1. The molecule has 2 rings (SSSR count). The van der Waals surface area contributed by atoms with Gasteiger partial charge in [0.2, 0.25) is 0 Å². The van der Waals surface area contributed by atoms with Gasteiger partial charge in [0.15, 0.2) is 5.78 Å². The molecule has 114 valence electrons. The predicted molar refractivity (Wildman–Crippen MR) is 72.9 cm³/mol. The van der Waals surface area contributed by atoms with Crippen molar-refractivity contribution in [3.05, 3.63) is 47.0 Å². The van der Waals surface area contributed by atoms with Gasteiger partial charge in [-0.15, -0.1) is 0 Å². The van der Waals surface area contributed by atoms with Gasteiger partial charge >= 0.3 is 6.18 Å². The Hall–Kier alpha value is -1.62. The van der Waals surface area contributed by atoms with Gasteiger partial charge in [-0.3, -0.25) is 4.79 Å². The van der Waals surface area contributed by atoms with Crippen LogP contribution in [-0.4, -0.2) is 17.0 Å². The fourth-order valence-corrected chi connectivity index (χ4v) is 2.45. The summed E-state index contributed by atoms with van der Waals surface area (Å²) in [7, 11) is 0. The van der Waals surface area contributed by atoms with Gasteiger partial charge in [-0.2, -0.15) is 13.2 Å². The molecule has 1 atom stereocenters. The SMILES string of the molecule is O=C(c1ccc(C(F)(F)F)cc1)[C@@H](O)CC1=CCCCC1. The van der Waals surface area contributed by atoms with Crippen molar-refractivity contribution in [3.63, 3.8) is 0 Å². The van der Waals surface area contributed by atoms with Gasteiger partial charge in [0.1, 0.15) is 6.10 Å². The minimum Gasteiger partial charge on any atom is -0.385 e. The number of Topliss-reactive ketones (excluding diaryl/α,β-unsaturated/α-hetero) is 1. The number of benzene rings is 1. The highest BCUT2D eigenvalue weighted by Crippen LogP contribution is 2.29. The van der Waals surface area contributed by atoms with Crippen LogP contribution in [0.25, 0.3) is 0 Å². The Labute approximate surface area is 121 Å². The molecule has 0 bridgehead atoms. The molecule has 1 N–H and O–H groups in total. The Morgan fingerprint density at radius 2 is 1.86 bits per heavy atom. The summed E-state index contributed by atoms with van der Waals surface area (Å²) < 4.78 is 37.3. The standard InChI is InChI=1S/C16H17F3O2/c17-16(18,19)13-8-6-12(7-9-13)15(21)14(20)10-11-4-2-1-3-5-11/h4,6-9,14,20H,1-3,5,10H2/t14-/m0/s1. The van der Waals surface area contributed by atoms with E-state index in [9.17, 15) is 23.1 Å². The molecule has 0 unspecified atom stereocenters. The molecule has 0 heterocycles. The molecule has 1 aromatic rings. The molecule has 1 aliphatic carbocycles. The average molecular weight is 298 g/mol. The van der Waals surface area contributed by atoms with Crippen molar-refractivity contribution < 1.29 is 23.1 Å². The molecule has 5 heteroatoms. The Morgan fingerprint density at radius 1 is 1.19 bits per heavy atom. The Morgan fingerprint density at radius 3 is 2.38 bits per heavy atom. The first-order chi connectivity index (χ1) is 9.88. The molecule has 0 saturated carbocycles. The van der Waals surface area contributed by atoms with Crippen LogP contribution in [-0.2, 0) is 6.18 Å². The number of allylic oxidation sites excluding steroid dienone is 1. The van der Waals surface area contributed by atoms with E-state index in [1.54, 1.807) is 0 Å². The number of aliphatic hydroxyl groups excluding tert-OH is 1. The first-order valence-electron chi connectivity index (χ1n) is 6.95. The number of hydrogen-bond acceptors (Lipinski definition) is 2. The summed E-state index contributed by atoms with van der Waals surface area (Å²) in [6, 6.07) is 3.95. The predicted octanol–water partition coefficient (Wildman–Crippen LogP) is 4.14. The molecule has 0 amide bonds. The zero-order valence-corrected chi connectivity index (χ0v) is 11.5. The second-order valence-corrected chi connectivity index (χ2v) is 5.27. The topological polar surface area (TPSA) is 37.3 Å². The van der Waals surface area contributed by atoms with Gasteiger partial charge in [-0.1, -0.05) is 23.8 Å². The van der Waals surface area contributed by atoms with E-state index in [-0.39, 0.29) is 12.0 Å². The lowest BCUT2D eigenvalue weighted by molar-refractivity contribution is -0.137. The maximum Gasteiger partial charge on any atom is 0.416 e. The summed E-state index contributed by atoms with van der Waals surface area (Å²) in [6.07, 6.45) is 0.679. The lowest BCUT2D eigenvalue weighted by atomic mass is 9.92. The van der Waals surface area contributed by atoms with E-state index < -0.39 is 23.6 Å². The van der Waals surface area contributed by atoms with E-state index in [0.717, 1.165) is 55.5 Å². The number of halogens is 3. The van der Waals surface area contributed by atoms with Gasteiger partial charge in [-0.25, -0.2) is 0 Å². The van der Waals surface area contributed by atoms with Crippen LogP contribution in [0.1, 0.15) is 48.0 Å². The highest BCUT2D eigenvalue weighted by Gasteiger charge is 2.30. The zero-order valence-electron chi connectivity index (χ0n) is 11.5. The first-order valence-corrected chi connectivity index (χ1v) is 6.95. The van der Waals surface area contributed by atoms with E-state index in [2.05, 4.69) is 0 Å². The quantitative estimate of drug-likeness (QED) is 0.670. The van der Waals surface area contributed by atoms with Crippen molar-refractivity contribution in [2.45, 2.75) is 44.4 Å². The number of hydrogen-bond donors (Lipinski definition) is 1. The third-order valence-electron chi connectivity index (χ3n) is 3.64. The van der Waals surface area contributed by atoms with E-state index in [1.165, 1.54) is 0 Å². The fraction of sp³-hybridized carbons (Fsp3) is 0.438. The molecular weight excluding hydrogens is 281 g/mol. The van der Waals surface area contributed by atoms with Crippen molar-refractivity contribution in [1.82, 2.24) is 0 Å². The van der Waals surface area contributed by atoms with Crippen molar-refractivity contribution in [1.29, 1.82) is 0 Å². The summed E-state index contributed by atoms with van der Waals surface area (Å²) in [4.78, 5) is 12.0. The number of rotatable bonds is 4. The molecule has 21 heavy (non-hydrogen) atoms. The summed E-state index contributed by atoms with van der Waals surface area (Å²) in [5.41, 5.74) is 0.351. The third kappa shape index (κ3) is 4.17. The molecule has 0 spiro atoms. The number of alkyl halides is 3. The minimum absolute atomic E-state index is 0.104. The summed E-state index contributed by atoms with van der Waals surface area (Å²) in [5.74, 6) is -0.532. The van der Waals surface area contributed by atoms with Crippen LogP contribution in [0, 0.1) is 0 Å². The lowest BCUT2D eigenvalue weighted by Gasteiger charge is -2.16. The maximum atomic E-state index is 12.4. The molecule has 2 nitrogen and oxygen atoms in total. The largest absolute Gasteiger partial charge is 0.416 e. The summed E-state index contributed by atoms with van der Waals surface area (Å²) in [6.45, 7) is 0. The van der Waals surface area contributed by atoms with Crippen molar-refractivity contribution in [2.75, 3.05) is 0 Å². The smallest absolute Gasteiger partial charge is 0.385 e. The van der Waals surface area contributed by atoms with E-state index in [1.807, 2.05) is 6.08 Å². The van der Waals surface area contributed by atoms with Crippen LogP contribution in [0.2, 0.25) is 0 Å². The molecular formula is C16H17F3O2. The molecule has 1 aromatic carbocycles. The molecule has 0 saturated heterocycles. The molecule has 0 aromatic heterocycles. The van der Waals surface area contributed by atoms with Crippen LogP contribution < -0.4 is 0 Å². The van der Waals surface area contributed by atoms with Crippen molar-refractivity contribution in [2.24, 2.45) is 0 Å².